The number of aromatic nitrogens is 2. The quantitative estimate of drug-likeness (QED) is 0.0356. The lowest BCUT2D eigenvalue weighted by Crippen LogP contribution is -2.06. The van der Waals surface area contributed by atoms with Crippen molar-refractivity contribution in [2.75, 3.05) is 0 Å². The molecular formula is C72H109F3N2S5. The minimum absolute atomic E-state index is 0.193. The van der Waals surface area contributed by atoms with Gasteiger partial charge in [-0.15, -0.1) is 45.3 Å². The van der Waals surface area contributed by atoms with Crippen molar-refractivity contribution in [1.29, 1.82) is 0 Å². The van der Waals surface area contributed by atoms with Gasteiger partial charge >= 0.3 is 0 Å². The Morgan fingerprint density at radius 3 is 1.11 bits per heavy atom. The molecular weight excluding hydrogens is 1110 g/mol. The summed E-state index contributed by atoms with van der Waals surface area (Å²) in [6.45, 7) is 13.4. The number of hydrogen-bond donors (Lipinski definition) is 0. The van der Waals surface area contributed by atoms with Crippen LogP contribution in [0.5, 0.6) is 0 Å². The number of benzene rings is 1. The molecule has 5 heterocycles. The number of rotatable bonds is 48. The highest BCUT2D eigenvalue weighted by Crippen LogP contribution is 2.50. The standard InChI is InChI=1S/C72H109F3N2S5/c1-7-11-15-19-23-27-29-33-37-40-44-56(43-39-35-31-25-21-17-13-9-3)49-58-51-62(79-55(58)6)65-67(74)68(75)66(70-69(65)76-82-77-70)63-52-59(71(80-63)64-53-60(73)72(81-64)61-48-47-54(5)78-61)50-57(45-41-36-32-26-22-18-14-10-4)46-42-38-34-30-28-24-20-16-12-8-2/h47-48,51-53,56-57H,7-46,49-50H2,1-6H3. The monoisotopic (exact) mass is 1220 g/mol. The lowest BCUT2D eigenvalue weighted by atomic mass is 9.88. The average molecular weight is 1220 g/mol. The van der Waals surface area contributed by atoms with Crippen molar-refractivity contribution in [1.82, 2.24) is 8.75 Å². The van der Waals surface area contributed by atoms with Crippen molar-refractivity contribution >= 4 is 68.1 Å². The summed E-state index contributed by atoms with van der Waals surface area (Å²) in [5.74, 6) is -0.884. The molecule has 0 fully saturated rings. The normalized spacial score (nSPS) is 12.7. The summed E-state index contributed by atoms with van der Waals surface area (Å²) in [5.41, 5.74) is 3.68. The van der Waals surface area contributed by atoms with Gasteiger partial charge in [0.25, 0.3) is 0 Å². The summed E-state index contributed by atoms with van der Waals surface area (Å²) in [4.78, 5) is 7.13. The van der Waals surface area contributed by atoms with Crippen LogP contribution in [-0.2, 0) is 12.8 Å². The van der Waals surface area contributed by atoms with Gasteiger partial charge < -0.3 is 0 Å². The van der Waals surface area contributed by atoms with E-state index in [0.29, 0.717) is 32.6 Å². The van der Waals surface area contributed by atoms with Crippen molar-refractivity contribution in [2.45, 2.75) is 311 Å². The van der Waals surface area contributed by atoms with E-state index >= 15 is 13.2 Å². The van der Waals surface area contributed by atoms with Crippen molar-refractivity contribution in [2.24, 2.45) is 11.8 Å². The van der Waals surface area contributed by atoms with Gasteiger partial charge in [-0.05, 0) is 80.0 Å². The van der Waals surface area contributed by atoms with Gasteiger partial charge in [0.15, 0.2) is 11.6 Å². The van der Waals surface area contributed by atoms with Gasteiger partial charge in [0.2, 0.25) is 0 Å². The number of fused-ring (bicyclic) bond motifs is 1. The Balaban J connectivity index is 1.25. The molecule has 0 saturated heterocycles. The van der Waals surface area contributed by atoms with E-state index in [-0.39, 0.29) is 16.9 Å². The lowest BCUT2D eigenvalue weighted by Gasteiger charge is -2.17. The molecule has 0 aliphatic carbocycles. The second kappa shape index (κ2) is 40.2. The predicted molar refractivity (Wildman–Crippen MR) is 362 cm³/mol. The van der Waals surface area contributed by atoms with E-state index in [9.17, 15) is 0 Å². The number of unbranched alkanes of at least 4 members (excludes halogenated alkanes) is 32. The SMILES string of the molecule is CCCCCCCCCCCCC(CCCCCCCCCC)Cc1cc(-c2c(F)c(F)c(-c3cc(CC(CCCCCCCCCC)CCCCCCCCCCCC)c(-c4cc(F)c(-c5ccc(C)s5)s4)s3)c3nsnc23)sc1C. The molecule has 0 aliphatic rings. The van der Waals surface area contributed by atoms with Crippen LogP contribution in [-0.4, -0.2) is 8.75 Å². The van der Waals surface area contributed by atoms with Crippen LogP contribution >= 0.6 is 57.1 Å². The van der Waals surface area contributed by atoms with Gasteiger partial charge in [0.1, 0.15) is 16.9 Å². The van der Waals surface area contributed by atoms with Crippen LogP contribution in [0.3, 0.4) is 0 Å². The van der Waals surface area contributed by atoms with Crippen molar-refractivity contribution < 1.29 is 13.2 Å². The third-order valence-corrected chi connectivity index (χ3v) is 23.0. The van der Waals surface area contributed by atoms with Crippen molar-refractivity contribution in [3.05, 3.63) is 68.7 Å². The van der Waals surface area contributed by atoms with E-state index < -0.39 is 11.6 Å². The molecule has 82 heavy (non-hydrogen) atoms. The molecule has 0 radical (unpaired) electrons. The summed E-state index contributed by atoms with van der Waals surface area (Å²) in [7, 11) is 0. The largest absolute Gasteiger partial charge is 0.205 e. The maximum atomic E-state index is 17.5. The summed E-state index contributed by atoms with van der Waals surface area (Å²) < 4.78 is 60.6. The van der Waals surface area contributed by atoms with Crippen LogP contribution in [0, 0.1) is 43.1 Å². The number of aryl methyl sites for hydroxylation is 2. The highest BCUT2D eigenvalue weighted by Gasteiger charge is 2.30. The Morgan fingerprint density at radius 1 is 0.366 bits per heavy atom. The summed E-state index contributed by atoms with van der Waals surface area (Å²) in [6, 6.07) is 10.1. The first-order valence-corrected chi connectivity index (χ1v) is 37.9. The van der Waals surface area contributed by atoms with E-state index in [1.165, 1.54) is 277 Å². The zero-order valence-corrected chi connectivity index (χ0v) is 56.4. The maximum Gasteiger partial charge on any atom is 0.170 e. The Bertz CT molecular complexity index is 2630. The van der Waals surface area contributed by atoms with Crippen LogP contribution in [0.1, 0.15) is 305 Å². The van der Waals surface area contributed by atoms with E-state index in [2.05, 4.69) is 59.7 Å². The second-order valence-electron chi connectivity index (χ2n) is 24.8. The first-order valence-electron chi connectivity index (χ1n) is 33.9. The fraction of sp³-hybridized carbons (Fsp3) is 0.694. The molecule has 458 valence electrons. The van der Waals surface area contributed by atoms with Crippen LogP contribution in [0.25, 0.3) is 51.4 Å². The smallest absolute Gasteiger partial charge is 0.170 e. The predicted octanol–water partition coefficient (Wildman–Crippen LogP) is 27.6. The highest BCUT2D eigenvalue weighted by atomic mass is 32.1. The molecule has 0 spiro atoms. The van der Waals surface area contributed by atoms with Crippen molar-refractivity contribution in [3.63, 3.8) is 0 Å². The first-order chi connectivity index (χ1) is 40.2. The number of nitrogens with zero attached hydrogens (tertiary/aromatic N) is 2. The molecule has 5 aromatic heterocycles. The topological polar surface area (TPSA) is 25.8 Å². The minimum atomic E-state index is -0.858. The molecule has 0 N–H and O–H groups in total. The Morgan fingerprint density at radius 2 is 0.720 bits per heavy atom. The lowest BCUT2D eigenvalue weighted by molar-refractivity contribution is 0.399. The van der Waals surface area contributed by atoms with Gasteiger partial charge in [-0.2, -0.15) is 8.75 Å². The molecule has 2 atom stereocenters. The Hall–Kier alpha value is -2.37. The Labute approximate surface area is 518 Å². The molecule has 1 aromatic carbocycles. The Kier molecular flexibility index (Phi) is 33.7. The van der Waals surface area contributed by atoms with Crippen LogP contribution in [0.15, 0.2) is 30.3 Å². The second-order valence-corrected chi connectivity index (χ2v) is 30.0. The first kappa shape index (κ1) is 68.7. The van der Waals surface area contributed by atoms with Crippen molar-refractivity contribution in [3.8, 4) is 40.4 Å². The molecule has 2 nitrogen and oxygen atoms in total. The van der Waals surface area contributed by atoms with Crippen LogP contribution < -0.4 is 0 Å². The van der Waals surface area contributed by atoms with Gasteiger partial charge in [-0.3, -0.25) is 0 Å². The summed E-state index contributed by atoms with van der Waals surface area (Å²) >= 11 is 7.20. The number of thiophene rings is 4. The molecule has 6 aromatic rings. The fourth-order valence-electron chi connectivity index (χ4n) is 12.7. The molecule has 0 saturated carbocycles. The summed E-state index contributed by atoms with van der Waals surface area (Å²) in [6.07, 6.45) is 54.0. The molecule has 6 rings (SSSR count). The zero-order chi connectivity index (χ0) is 58.2. The van der Waals surface area contributed by atoms with Crippen LogP contribution in [0.2, 0.25) is 0 Å². The minimum Gasteiger partial charge on any atom is -0.205 e. The van der Waals surface area contributed by atoms with E-state index in [4.69, 9.17) is 8.75 Å². The van der Waals surface area contributed by atoms with Gasteiger partial charge in [-0.25, -0.2) is 13.2 Å². The molecule has 10 heteroatoms. The van der Waals surface area contributed by atoms with Gasteiger partial charge in [-0.1, -0.05) is 285 Å². The average Bonchev–Trinajstić information content (AvgIpc) is 4.30. The third-order valence-electron chi connectivity index (χ3n) is 17.7. The molecule has 0 amide bonds. The zero-order valence-electron chi connectivity index (χ0n) is 52.3. The third kappa shape index (κ3) is 23.1. The highest BCUT2D eigenvalue weighted by molar-refractivity contribution is 7.27. The fourth-order valence-corrected chi connectivity index (χ4v) is 17.7. The maximum absolute atomic E-state index is 17.5. The molecule has 2 unspecified atom stereocenters. The van der Waals surface area contributed by atoms with E-state index in [1.54, 1.807) is 28.7 Å². The van der Waals surface area contributed by atoms with E-state index in [0.717, 1.165) is 67.4 Å². The van der Waals surface area contributed by atoms with E-state index in [1.807, 2.05) is 6.07 Å². The van der Waals surface area contributed by atoms with Gasteiger partial charge in [0, 0.05) is 34.1 Å². The number of halogens is 3. The molecule has 0 bridgehead atoms. The molecule has 0 aliphatic heterocycles. The summed E-state index contributed by atoms with van der Waals surface area (Å²) in [5, 5.41) is 0. The van der Waals surface area contributed by atoms with Crippen LogP contribution in [0.4, 0.5) is 13.2 Å². The number of hydrogen-bond acceptors (Lipinski definition) is 7. The van der Waals surface area contributed by atoms with Gasteiger partial charge in [0.05, 0.1) is 27.7 Å².